The molecule has 9 nitrogen and oxygen atoms in total. The van der Waals surface area contributed by atoms with Crippen molar-refractivity contribution in [3.05, 3.63) is 89.2 Å². The second-order valence-corrected chi connectivity index (χ2v) is 7.64. The van der Waals surface area contributed by atoms with Crippen LogP contribution >= 0.6 is 0 Å². The SMILES string of the molecule is COc1ccccc1CNC(=O)c1cnccc1C(=O)N[C@@H](C)C(=O)NCc1ccccc1OC. The summed E-state index contributed by atoms with van der Waals surface area (Å²) in [6.07, 6.45) is 2.73. The lowest BCUT2D eigenvalue weighted by Gasteiger charge is -2.16. The Labute approximate surface area is 203 Å². The molecule has 3 aromatic rings. The van der Waals surface area contributed by atoms with Crippen molar-refractivity contribution in [2.24, 2.45) is 0 Å². The summed E-state index contributed by atoms with van der Waals surface area (Å²) in [6, 6.07) is 15.2. The van der Waals surface area contributed by atoms with Gasteiger partial charge in [0, 0.05) is 36.6 Å². The molecule has 0 radical (unpaired) electrons. The van der Waals surface area contributed by atoms with Crippen molar-refractivity contribution in [3.8, 4) is 11.5 Å². The van der Waals surface area contributed by atoms with E-state index >= 15 is 0 Å². The molecule has 9 heteroatoms. The third-order valence-corrected chi connectivity index (χ3v) is 5.33. The Bertz CT molecular complexity index is 1200. The van der Waals surface area contributed by atoms with E-state index in [1.54, 1.807) is 33.3 Å². The van der Waals surface area contributed by atoms with E-state index in [0.717, 1.165) is 11.1 Å². The quantitative estimate of drug-likeness (QED) is 0.414. The van der Waals surface area contributed by atoms with Crippen LogP contribution in [-0.2, 0) is 17.9 Å². The summed E-state index contributed by atoms with van der Waals surface area (Å²) < 4.78 is 10.6. The Morgan fingerprint density at radius 2 is 1.37 bits per heavy atom. The van der Waals surface area contributed by atoms with Crippen LogP contribution in [0.4, 0.5) is 0 Å². The lowest BCUT2D eigenvalue weighted by Crippen LogP contribution is -2.45. The Balaban J connectivity index is 1.62. The van der Waals surface area contributed by atoms with Gasteiger partial charge >= 0.3 is 0 Å². The molecule has 182 valence electrons. The van der Waals surface area contributed by atoms with Gasteiger partial charge in [0.2, 0.25) is 5.91 Å². The van der Waals surface area contributed by atoms with E-state index in [-0.39, 0.29) is 30.1 Å². The molecule has 3 amide bonds. The number of aromatic nitrogens is 1. The molecule has 0 saturated heterocycles. The van der Waals surface area contributed by atoms with E-state index in [9.17, 15) is 14.4 Å². The molecular weight excluding hydrogens is 448 g/mol. The Hall–Kier alpha value is -4.40. The number of pyridine rings is 1. The number of nitrogens with one attached hydrogen (secondary N) is 3. The van der Waals surface area contributed by atoms with E-state index in [1.165, 1.54) is 18.5 Å². The predicted molar refractivity (Wildman–Crippen MR) is 130 cm³/mol. The molecule has 0 unspecified atom stereocenters. The summed E-state index contributed by atoms with van der Waals surface area (Å²) in [5, 5.41) is 8.20. The van der Waals surface area contributed by atoms with Gasteiger partial charge in [0.15, 0.2) is 0 Å². The van der Waals surface area contributed by atoms with Gasteiger partial charge in [0.05, 0.1) is 25.3 Å². The summed E-state index contributed by atoms with van der Waals surface area (Å²) in [6.45, 7) is 2.02. The summed E-state index contributed by atoms with van der Waals surface area (Å²) >= 11 is 0. The van der Waals surface area contributed by atoms with Crippen LogP contribution < -0.4 is 25.4 Å². The lowest BCUT2D eigenvalue weighted by molar-refractivity contribution is -0.122. The number of ether oxygens (including phenoxy) is 2. The van der Waals surface area contributed by atoms with Gasteiger partial charge in [-0.3, -0.25) is 19.4 Å². The number of carbonyl (C=O) groups is 3. The zero-order valence-corrected chi connectivity index (χ0v) is 19.8. The molecule has 0 saturated carbocycles. The van der Waals surface area contributed by atoms with E-state index in [4.69, 9.17) is 9.47 Å². The fourth-order valence-corrected chi connectivity index (χ4v) is 3.42. The van der Waals surface area contributed by atoms with E-state index in [2.05, 4.69) is 20.9 Å². The Morgan fingerprint density at radius 1 is 0.800 bits per heavy atom. The molecule has 0 bridgehead atoms. The van der Waals surface area contributed by atoms with Gasteiger partial charge in [-0.15, -0.1) is 0 Å². The smallest absolute Gasteiger partial charge is 0.253 e. The summed E-state index contributed by atoms with van der Waals surface area (Å²) in [5.41, 5.74) is 1.81. The lowest BCUT2D eigenvalue weighted by atomic mass is 10.1. The van der Waals surface area contributed by atoms with Crippen LogP contribution in [0.1, 0.15) is 38.8 Å². The van der Waals surface area contributed by atoms with Gasteiger partial charge in [-0.05, 0) is 25.1 Å². The van der Waals surface area contributed by atoms with Gasteiger partial charge in [-0.25, -0.2) is 0 Å². The topological polar surface area (TPSA) is 119 Å². The first kappa shape index (κ1) is 25.2. The Morgan fingerprint density at radius 3 is 1.97 bits per heavy atom. The van der Waals surface area contributed by atoms with Crippen LogP contribution in [-0.4, -0.2) is 43.0 Å². The minimum atomic E-state index is -0.838. The highest BCUT2D eigenvalue weighted by Crippen LogP contribution is 2.18. The largest absolute Gasteiger partial charge is 0.496 e. The van der Waals surface area contributed by atoms with Gasteiger partial charge in [-0.2, -0.15) is 0 Å². The first-order valence-electron chi connectivity index (χ1n) is 11.0. The van der Waals surface area contributed by atoms with Crippen LogP contribution in [0.5, 0.6) is 11.5 Å². The number of nitrogens with zero attached hydrogens (tertiary/aromatic N) is 1. The molecule has 0 fully saturated rings. The number of rotatable bonds is 10. The van der Waals surface area contributed by atoms with Crippen molar-refractivity contribution >= 4 is 17.7 Å². The molecule has 2 aromatic carbocycles. The number of hydrogen-bond acceptors (Lipinski definition) is 6. The van der Waals surface area contributed by atoms with Gasteiger partial charge in [0.25, 0.3) is 11.8 Å². The second-order valence-electron chi connectivity index (χ2n) is 7.64. The number of benzene rings is 2. The van der Waals surface area contributed by atoms with Gasteiger partial charge < -0.3 is 25.4 Å². The van der Waals surface area contributed by atoms with Gasteiger partial charge in [-0.1, -0.05) is 36.4 Å². The average Bonchev–Trinajstić information content (AvgIpc) is 2.90. The van der Waals surface area contributed by atoms with Crippen LogP contribution in [0.25, 0.3) is 0 Å². The zero-order chi connectivity index (χ0) is 25.2. The third kappa shape index (κ3) is 6.57. The van der Waals surface area contributed by atoms with Crippen molar-refractivity contribution in [2.45, 2.75) is 26.1 Å². The third-order valence-electron chi connectivity index (χ3n) is 5.33. The van der Waals surface area contributed by atoms with Crippen molar-refractivity contribution in [2.75, 3.05) is 14.2 Å². The maximum atomic E-state index is 12.9. The molecule has 3 N–H and O–H groups in total. The molecule has 0 aliphatic rings. The van der Waals surface area contributed by atoms with Crippen molar-refractivity contribution in [1.82, 2.24) is 20.9 Å². The van der Waals surface area contributed by atoms with Crippen molar-refractivity contribution < 1.29 is 23.9 Å². The fraction of sp³-hybridized carbons (Fsp3) is 0.231. The molecule has 35 heavy (non-hydrogen) atoms. The summed E-state index contributed by atoms with van der Waals surface area (Å²) in [4.78, 5) is 42.2. The molecule has 1 heterocycles. The Kier molecular flexibility index (Phi) is 8.77. The zero-order valence-electron chi connectivity index (χ0n) is 19.8. The molecule has 1 aromatic heterocycles. The number of carbonyl (C=O) groups excluding carboxylic acids is 3. The first-order chi connectivity index (χ1) is 16.9. The maximum Gasteiger partial charge on any atom is 0.253 e. The molecule has 0 aliphatic carbocycles. The van der Waals surface area contributed by atoms with Crippen LogP contribution in [0.2, 0.25) is 0 Å². The highest BCUT2D eigenvalue weighted by molar-refractivity contribution is 6.07. The summed E-state index contributed by atoms with van der Waals surface area (Å²) in [5.74, 6) is -0.104. The van der Waals surface area contributed by atoms with E-state index in [1.807, 2.05) is 36.4 Å². The molecule has 0 aliphatic heterocycles. The molecule has 3 rings (SSSR count). The monoisotopic (exact) mass is 476 g/mol. The minimum absolute atomic E-state index is 0.0986. The van der Waals surface area contributed by atoms with Crippen molar-refractivity contribution in [3.63, 3.8) is 0 Å². The van der Waals surface area contributed by atoms with Crippen molar-refractivity contribution in [1.29, 1.82) is 0 Å². The van der Waals surface area contributed by atoms with Gasteiger partial charge in [0.1, 0.15) is 17.5 Å². The minimum Gasteiger partial charge on any atom is -0.496 e. The molecule has 1 atom stereocenters. The molecular formula is C26H28N4O5. The van der Waals surface area contributed by atoms with E-state index < -0.39 is 17.9 Å². The highest BCUT2D eigenvalue weighted by Gasteiger charge is 2.21. The average molecular weight is 477 g/mol. The maximum absolute atomic E-state index is 12.9. The van der Waals surface area contributed by atoms with Crippen LogP contribution in [0, 0.1) is 0 Å². The number of methoxy groups -OCH3 is 2. The highest BCUT2D eigenvalue weighted by atomic mass is 16.5. The van der Waals surface area contributed by atoms with E-state index in [0.29, 0.717) is 11.5 Å². The summed E-state index contributed by atoms with van der Waals surface area (Å²) in [7, 11) is 3.11. The first-order valence-corrected chi connectivity index (χ1v) is 11.0. The standard InChI is InChI=1S/C26H28N4O5/c1-17(24(31)28-14-18-8-4-6-10-22(18)34-2)30-26(33)20-12-13-27-16-21(20)25(32)29-15-19-9-5-7-11-23(19)35-3/h4-13,16-17H,14-15H2,1-3H3,(H,28,31)(H,29,32)(H,30,33)/t17-/m0/s1. The normalized spacial score (nSPS) is 11.2. The number of amides is 3. The predicted octanol–water partition coefficient (Wildman–Crippen LogP) is 2.46. The van der Waals surface area contributed by atoms with Crippen LogP contribution in [0.15, 0.2) is 67.0 Å². The number of hydrogen-bond donors (Lipinski definition) is 3. The fourth-order valence-electron chi connectivity index (χ4n) is 3.42. The van der Waals surface area contributed by atoms with Crippen LogP contribution in [0.3, 0.4) is 0 Å². The number of para-hydroxylation sites is 2. The molecule has 0 spiro atoms. The second kappa shape index (κ2) is 12.2.